The van der Waals surface area contributed by atoms with E-state index in [1.807, 2.05) is 73.9 Å². The molecule has 4 aromatic rings. The number of rotatable bonds is 9. The van der Waals surface area contributed by atoms with Crippen LogP contribution in [0.15, 0.2) is 82.7 Å². The van der Waals surface area contributed by atoms with Crippen molar-refractivity contribution >= 4 is 37.5 Å². The summed E-state index contributed by atoms with van der Waals surface area (Å²) in [5.41, 5.74) is 2.15. The van der Waals surface area contributed by atoms with Gasteiger partial charge in [0.05, 0.1) is 16.2 Å². The first kappa shape index (κ1) is 25.8. The lowest BCUT2D eigenvalue weighted by Gasteiger charge is -2.20. The molecule has 0 fully saturated rings. The van der Waals surface area contributed by atoms with Crippen LogP contribution in [0.25, 0.3) is 10.2 Å². The minimum absolute atomic E-state index is 0.142. The highest BCUT2D eigenvalue weighted by atomic mass is 32.2. The molecule has 1 amide bonds. The molecule has 0 aliphatic heterocycles. The van der Waals surface area contributed by atoms with E-state index >= 15 is 0 Å². The zero-order chi connectivity index (χ0) is 25.7. The number of thiazole rings is 1. The van der Waals surface area contributed by atoms with Crippen molar-refractivity contribution < 1.29 is 17.9 Å². The Balaban J connectivity index is 1.62. The molecule has 0 saturated heterocycles. The molecule has 188 valence electrons. The van der Waals surface area contributed by atoms with Gasteiger partial charge in [0.1, 0.15) is 11.3 Å². The van der Waals surface area contributed by atoms with E-state index in [0.29, 0.717) is 30.1 Å². The molecule has 0 radical (unpaired) electrons. The maximum Gasteiger partial charge on any atom is 0.279 e. The van der Waals surface area contributed by atoms with Crippen molar-refractivity contribution in [3.8, 4) is 5.75 Å². The minimum atomic E-state index is -3.71. The van der Waals surface area contributed by atoms with E-state index in [0.717, 1.165) is 21.5 Å². The van der Waals surface area contributed by atoms with Gasteiger partial charge >= 0.3 is 0 Å². The Labute approximate surface area is 215 Å². The molecule has 0 aliphatic rings. The molecule has 0 spiro atoms. The van der Waals surface area contributed by atoms with Gasteiger partial charge in [0.25, 0.3) is 5.91 Å². The van der Waals surface area contributed by atoms with Crippen molar-refractivity contribution in [3.63, 3.8) is 0 Å². The van der Waals surface area contributed by atoms with Gasteiger partial charge in [-0.1, -0.05) is 54.7 Å². The first-order valence-corrected chi connectivity index (χ1v) is 14.1. The van der Waals surface area contributed by atoms with Gasteiger partial charge in [0, 0.05) is 25.2 Å². The lowest BCUT2D eigenvalue weighted by atomic mass is 10.2. The van der Waals surface area contributed by atoms with Crippen LogP contribution in [-0.2, 0) is 23.1 Å². The number of aromatic nitrogens is 1. The van der Waals surface area contributed by atoms with E-state index < -0.39 is 15.9 Å². The van der Waals surface area contributed by atoms with Crippen molar-refractivity contribution in [2.24, 2.45) is 4.99 Å². The number of nitrogens with zero attached hydrogens (tertiary/aromatic N) is 3. The van der Waals surface area contributed by atoms with Gasteiger partial charge in [0.15, 0.2) is 4.80 Å². The minimum Gasteiger partial charge on any atom is -0.492 e. The summed E-state index contributed by atoms with van der Waals surface area (Å²) in [6.07, 6.45) is 0. The van der Waals surface area contributed by atoms with E-state index in [-0.39, 0.29) is 11.4 Å². The maximum atomic E-state index is 13.2. The lowest BCUT2D eigenvalue weighted by molar-refractivity contribution is 0.0997. The maximum absolute atomic E-state index is 13.2. The summed E-state index contributed by atoms with van der Waals surface area (Å²) in [6, 6.07) is 21.3. The zero-order valence-electron chi connectivity index (χ0n) is 20.5. The van der Waals surface area contributed by atoms with Crippen molar-refractivity contribution in [1.82, 2.24) is 8.87 Å². The molecule has 0 unspecified atom stereocenters. The SMILES string of the molecule is CCOc1cccc2sc(=NC(=O)c3ccc(S(=O)(=O)N(CC)Cc4ccccc4)cc3)n(CC)c12. The predicted octanol–water partition coefficient (Wildman–Crippen LogP) is 5.07. The number of hydrogen-bond donors (Lipinski definition) is 0. The van der Waals surface area contributed by atoms with E-state index in [1.54, 1.807) is 0 Å². The number of benzene rings is 3. The highest BCUT2D eigenvalue weighted by molar-refractivity contribution is 7.89. The fraction of sp³-hybridized carbons (Fsp3) is 0.259. The van der Waals surface area contributed by atoms with Crippen LogP contribution < -0.4 is 9.54 Å². The average molecular weight is 524 g/mol. The zero-order valence-corrected chi connectivity index (χ0v) is 22.2. The fourth-order valence-corrected chi connectivity index (χ4v) is 6.52. The molecular weight excluding hydrogens is 494 g/mol. The smallest absolute Gasteiger partial charge is 0.279 e. The van der Waals surface area contributed by atoms with E-state index in [9.17, 15) is 13.2 Å². The number of aryl methyl sites for hydroxylation is 1. The monoisotopic (exact) mass is 523 g/mol. The van der Waals surface area contributed by atoms with Crippen LogP contribution in [0.5, 0.6) is 5.75 Å². The van der Waals surface area contributed by atoms with Crippen molar-refractivity contribution in [1.29, 1.82) is 0 Å². The highest BCUT2D eigenvalue weighted by Gasteiger charge is 2.23. The van der Waals surface area contributed by atoms with E-state index in [4.69, 9.17) is 4.74 Å². The molecule has 3 aromatic carbocycles. The van der Waals surface area contributed by atoms with Gasteiger partial charge in [-0.05, 0) is 55.8 Å². The number of para-hydroxylation sites is 1. The summed E-state index contributed by atoms with van der Waals surface area (Å²) in [5, 5.41) is 0. The van der Waals surface area contributed by atoms with Gasteiger partial charge in [0.2, 0.25) is 10.0 Å². The Morgan fingerprint density at radius 1 is 0.972 bits per heavy atom. The average Bonchev–Trinajstić information content (AvgIpc) is 3.25. The van der Waals surface area contributed by atoms with E-state index in [1.165, 1.54) is 39.9 Å². The molecule has 0 N–H and O–H groups in total. The Hall–Kier alpha value is -3.27. The Bertz CT molecular complexity index is 1520. The predicted molar refractivity (Wildman–Crippen MR) is 143 cm³/mol. The van der Waals surface area contributed by atoms with Crippen molar-refractivity contribution in [2.45, 2.75) is 38.8 Å². The standard InChI is InChI=1S/C27H29N3O4S2/c1-4-29(19-20-11-8-7-9-12-20)36(32,33)22-17-15-21(16-18-22)26(31)28-27-30(5-2)25-23(34-6-3)13-10-14-24(25)35-27/h7-18H,4-6,19H2,1-3H3. The first-order chi connectivity index (χ1) is 17.4. The largest absolute Gasteiger partial charge is 0.492 e. The topological polar surface area (TPSA) is 81.0 Å². The fourth-order valence-electron chi connectivity index (χ4n) is 3.97. The third-order valence-corrected chi connectivity index (χ3v) is 8.75. The quantitative estimate of drug-likeness (QED) is 0.307. The van der Waals surface area contributed by atoms with Crippen molar-refractivity contribution in [2.75, 3.05) is 13.2 Å². The molecule has 0 bridgehead atoms. The lowest BCUT2D eigenvalue weighted by Crippen LogP contribution is -2.30. The van der Waals surface area contributed by atoms with Gasteiger partial charge in [-0.25, -0.2) is 8.42 Å². The van der Waals surface area contributed by atoms with Gasteiger partial charge < -0.3 is 9.30 Å². The van der Waals surface area contributed by atoms with Crippen LogP contribution in [0.4, 0.5) is 0 Å². The third-order valence-electron chi connectivity index (χ3n) is 5.77. The molecule has 9 heteroatoms. The van der Waals surface area contributed by atoms with E-state index in [2.05, 4.69) is 4.99 Å². The Morgan fingerprint density at radius 3 is 2.33 bits per heavy atom. The summed E-state index contributed by atoms with van der Waals surface area (Å²) >= 11 is 1.42. The van der Waals surface area contributed by atoms with Gasteiger partial charge in [-0.3, -0.25) is 4.79 Å². The number of sulfonamides is 1. The normalized spacial score (nSPS) is 12.4. The molecule has 4 rings (SSSR count). The van der Waals surface area contributed by atoms with Gasteiger partial charge in [-0.15, -0.1) is 0 Å². The summed E-state index contributed by atoms with van der Waals surface area (Å²) < 4.78 is 36.6. The first-order valence-electron chi connectivity index (χ1n) is 11.9. The number of ether oxygens (including phenoxy) is 1. The van der Waals surface area contributed by atoms with Crippen LogP contribution in [0, 0.1) is 0 Å². The summed E-state index contributed by atoms with van der Waals surface area (Å²) in [5.74, 6) is 0.329. The molecule has 0 saturated carbocycles. The van der Waals surface area contributed by atoms with Crippen LogP contribution in [-0.4, -0.2) is 36.3 Å². The van der Waals surface area contributed by atoms with Gasteiger partial charge in [-0.2, -0.15) is 9.30 Å². The Kier molecular flexibility index (Phi) is 8.03. The second kappa shape index (κ2) is 11.2. The molecular formula is C27H29N3O4S2. The highest BCUT2D eigenvalue weighted by Crippen LogP contribution is 2.27. The van der Waals surface area contributed by atoms with Crippen LogP contribution in [0.3, 0.4) is 0 Å². The van der Waals surface area contributed by atoms with Crippen LogP contribution in [0.2, 0.25) is 0 Å². The molecule has 1 aromatic heterocycles. The molecule has 0 atom stereocenters. The number of carbonyl (C=O) groups is 1. The molecule has 0 aliphatic carbocycles. The molecule has 1 heterocycles. The molecule has 7 nitrogen and oxygen atoms in total. The number of amides is 1. The van der Waals surface area contributed by atoms with Crippen LogP contribution in [0.1, 0.15) is 36.7 Å². The summed E-state index contributed by atoms with van der Waals surface area (Å²) in [7, 11) is -3.71. The summed E-state index contributed by atoms with van der Waals surface area (Å²) in [4.78, 5) is 18.1. The number of hydrogen-bond acceptors (Lipinski definition) is 5. The number of carbonyl (C=O) groups excluding carboxylic acids is 1. The second-order valence-corrected chi connectivity index (χ2v) is 11.0. The van der Waals surface area contributed by atoms with Crippen molar-refractivity contribution in [3.05, 3.63) is 88.7 Å². The Morgan fingerprint density at radius 2 is 1.69 bits per heavy atom. The summed E-state index contributed by atoms with van der Waals surface area (Å²) in [6.45, 7) is 7.51. The molecule has 36 heavy (non-hydrogen) atoms. The van der Waals surface area contributed by atoms with Crippen LogP contribution >= 0.6 is 11.3 Å². The second-order valence-electron chi connectivity index (χ2n) is 8.02. The number of fused-ring (bicyclic) bond motifs is 1. The third kappa shape index (κ3) is 5.28.